The number of imidazole rings is 1. The van der Waals surface area contributed by atoms with E-state index in [9.17, 15) is 0 Å². The van der Waals surface area contributed by atoms with Crippen molar-refractivity contribution in [2.75, 3.05) is 0 Å². The predicted octanol–water partition coefficient (Wildman–Crippen LogP) is 3.38. The summed E-state index contributed by atoms with van der Waals surface area (Å²) in [6, 6.07) is 16.5. The molecule has 4 rings (SSSR count). The Morgan fingerprint density at radius 1 is 1.10 bits per heavy atom. The van der Waals surface area contributed by atoms with Gasteiger partial charge in [-0.3, -0.25) is 4.40 Å². The summed E-state index contributed by atoms with van der Waals surface area (Å²) in [5.74, 6) is 1.49. The maximum atomic E-state index is 5.98. The van der Waals surface area contributed by atoms with Gasteiger partial charge in [0.1, 0.15) is 17.1 Å². The average molecular weight is 279 g/mol. The Morgan fingerprint density at radius 3 is 2.71 bits per heavy atom. The van der Waals surface area contributed by atoms with E-state index < -0.39 is 0 Å². The van der Waals surface area contributed by atoms with E-state index in [1.165, 1.54) is 12.8 Å². The quantitative estimate of drug-likeness (QED) is 0.778. The first-order chi connectivity index (χ1) is 10.4. The van der Waals surface area contributed by atoms with Crippen LogP contribution in [0, 0.1) is 0 Å². The van der Waals surface area contributed by atoms with Crippen molar-refractivity contribution < 1.29 is 4.74 Å². The third-order valence-corrected chi connectivity index (χ3v) is 3.69. The lowest BCUT2D eigenvalue weighted by Gasteiger charge is -2.07. The fourth-order valence-electron chi connectivity index (χ4n) is 2.40. The van der Waals surface area contributed by atoms with Crippen molar-refractivity contribution in [3.8, 4) is 11.6 Å². The number of hydrogen-bond donors (Lipinski definition) is 1. The lowest BCUT2D eigenvalue weighted by atomic mass is 10.3. The molecule has 3 aromatic rings. The summed E-state index contributed by atoms with van der Waals surface area (Å²) in [6.07, 6.45) is 4.57. The molecule has 0 unspecified atom stereocenters. The van der Waals surface area contributed by atoms with E-state index in [1.54, 1.807) is 0 Å². The van der Waals surface area contributed by atoms with E-state index >= 15 is 0 Å². The lowest BCUT2D eigenvalue weighted by molar-refractivity contribution is 0.455. The third kappa shape index (κ3) is 2.62. The number of fused-ring (bicyclic) bond motifs is 1. The molecule has 1 saturated carbocycles. The smallest absolute Gasteiger partial charge is 0.242 e. The molecule has 4 nitrogen and oxygen atoms in total. The van der Waals surface area contributed by atoms with Crippen LogP contribution in [0.1, 0.15) is 18.5 Å². The van der Waals surface area contributed by atoms with Gasteiger partial charge in [-0.1, -0.05) is 24.3 Å². The Bertz CT molecular complexity index is 747. The lowest BCUT2D eigenvalue weighted by Crippen LogP contribution is -2.17. The molecule has 106 valence electrons. The van der Waals surface area contributed by atoms with Crippen LogP contribution in [-0.4, -0.2) is 15.4 Å². The molecule has 1 aromatic carbocycles. The Hall–Kier alpha value is -2.33. The van der Waals surface area contributed by atoms with Gasteiger partial charge in [-0.2, -0.15) is 4.98 Å². The molecule has 0 amide bonds. The van der Waals surface area contributed by atoms with Gasteiger partial charge in [-0.05, 0) is 37.1 Å². The molecule has 0 atom stereocenters. The highest BCUT2D eigenvalue weighted by Gasteiger charge is 2.22. The highest BCUT2D eigenvalue weighted by Crippen LogP contribution is 2.27. The van der Waals surface area contributed by atoms with E-state index in [1.807, 2.05) is 54.7 Å². The minimum atomic E-state index is 0.656. The summed E-state index contributed by atoms with van der Waals surface area (Å²) in [4.78, 5) is 4.61. The van der Waals surface area contributed by atoms with Crippen LogP contribution in [0.3, 0.4) is 0 Å². The van der Waals surface area contributed by atoms with Crippen LogP contribution in [0.15, 0.2) is 54.7 Å². The molecular formula is C17H17N3O. The van der Waals surface area contributed by atoms with Gasteiger partial charge >= 0.3 is 0 Å². The second-order valence-corrected chi connectivity index (χ2v) is 5.36. The summed E-state index contributed by atoms with van der Waals surface area (Å²) in [7, 11) is 0. The van der Waals surface area contributed by atoms with E-state index in [-0.39, 0.29) is 0 Å². The number of hydrogen-bond acceptors (Lipinski definition) is 3. The molecule has 0 radical (unpaired) electrons. The van der Waals surface area contributed by atoms with Gasteiger partial charge < -0.3 is 10.1 Å². The first-order valence-corrected chi connectivity index (χ1v) is 7.32. The minimum Gasteiger partial charge on any atom is -0.437 e. The summed E-state index contributed by atoms with van der Waals surface area (Å²) in [6.45, 7) is 0.776. The fraction of sp³-hybridized carbons (Fsp3) is 0.235. The van der Waals surface area contributed by atoms with Gasteiger partial charge in [0, 0.05) is 18.8 Å². The van der Waals surface area contributed by atoms with Crippen LogP contribution in [0.5, 0.6) is 11.6 Å². The molecule has 1 aliphatic rings. The molecule has 0 saturated heterocycles. The number of ether oxygens (including phenoxy) is 1. The van der Waals surface area contributed by atoms with Gasteiger partial charge in [0.25, 0.3) is 0 Å². The Kier molecular flexibility index (Phi) is 3.09. The number of nitrogens with one attached hydrogen (secondary N) is 1. The monoisotopic (exact) mass is 279 g/mol. The Balaban J connectivity index is 1.69. The summed E-state index contributed by atoms with van der Waals surface area (Å²) in [5.41, 5.74) is 1.98. The zero-order valence-corrected chi connectivity index (χ0v) is 11.7. The largest absolute Gasteiger partial charge is 0.437 e. The van der Waals surface area contributed by atoms with Crippen LogP contribution < -0.4 is 10.1 Å². The summed E-state index contributed by atoms with van der Waals surface area (Å²) >= 11 is 0. The molecule has 21 heavy (non-hydrogen) atoms. The minimum absolute atomic E-state index is 0.656. The number of aromatic nitrogens is 2. The first kappa shape index (κ1) is 12.4. The second-order valence-electron chi connectivity index (χ2n) is 5.36. The molecule has 0 bridgehead atoms. The molecule has 2 heterocycles. The number of nitrogens with zero attached hydrogens (tertiary/aromatic N) is 2. The molecular weight excluding hydrogens is 262 g/mol. The molecule has 1 fully saturated rings. The highest BCUT2D eigenvalue weighted by atomic mass is 16.5. The number of benzene rings is 1. The van der Waals surface area contributed by atoms with Crippen LogP contribution >= 0.6 is 0 Å². The molecule has 1 N–H and O–H groups in total. The molecule has 4 heteroatoms. The normalized spacial score (nSPS) is 14.5. The van der Waals surface area contributed by atoms with Gasteiger partial charge in [-0.25, -0.2) is 0 Å². The number of para-hydroxylation sites is 1. The van der Waals surface area contributed by atoms with Crippen LogP contribution in [0.2, 0.25) is 0 Å². The topological polar surface area (TPSA) is 38.6 Å². The molecule has 0 spiro atoms. The average Bonchev–Trinajstić information content (AvgIpc) is 3.28. The van der Waals surface area contributed by atoms with Crippen molar-refractivity contribution in [1.82, 2.24) is 14.7 Å². The summed E-state index contributed by atoms with van der Waals surface area (Å²) in [5, 5.41) is 3.54. The van der Waals surface area contributed by atoms with Crippen LogP contribution in [0.4, 0.5) is 0 Å². The van der Waals surface area contributed by atoms with Crippen molar-refractivity contribution >= 4 is 5.65 Å². The van der Waals surface area contributed by atoms with Gasteiger partial charge in [-0.15, -0.1) is 0 Å². The van der Waals surface area contributed by atoms with Crippen LogP contribution in [-0.2, 0) is 6.54 Å². The van der Waals surface area contributed by atoms with E-state index in [2.05, 4.69) is 14.7 Å². The highest BCUT2D eigenvalue weighted by molar-refractivity contribution is 5.46. The fourth-order valence-corrected chi connectivity index (χ4v) is 2.40. The van der Waals surface area contributed by atoms with Crippen molar-refractivity contribution in [3.63, 3.8) is 0 Å². The maximum Gasteiger partial charge on any atom is 0.242 e. The van der Waals surface area contributed by atoms with E-state index in [0.717, 1.165) is 23.6 Å². The zero-order valence-electron chi connectivity index (χ0n) is 11.7. The zero-order chi connectivity index (χ0) is 14.1. The van der Waals surface area contributed by atoms with E-state index in [4.69, 9.17) is 4.74 Å². The summed E-state index contributed by atoms with van der Waals surface area (Å²) < 4.78 is 8.07. The molecule has 2 aromatic heterocycles. The van der Waals surface area contributed by atoms with Gasteiger partial charge in [0.2, 0.25) is 5.88 Å². The van der Waals surface area contributed by atoms with E-state index in [0.29, 0.717) is 11.9 Å². The predicted molar refractivity (Wildman–Crippen MR) is 81.6 cm³/mol. The first-order valence-electron chi connectivity index (χ1n) is 7.32. The molecule has 0 aliphatic heterocycles. The van der Waals surface area contributed by atoms with Gasteiger partial charge in [0.15, 0.2) is 0 Å². The third-order valence-electron chi connectivity index (χ3n) is 3.69. The van der Waals surface area contributed by atoms with Crippen molar-refractivity contribution in [1.29, 1.82) is 0 Å². The van der Waals surface area contributed by atoms with Crippen molar-refractivity contribution in [3.05, 3.63) is 60.4 Å². The number of rotatable bonds is 5. The standard InChI is InChI=1S/C17H17N3O/c1-2-6-14(7-3-1)21-17-15(12-18-13-9-10-13)20-11-5-4-8-16(20)19-17/h1-8,11,13,18H,9-10,12H2. The SMILES string of the molecule is c1ccc(Oc2nc3ccccn3c2CNC2CC2)cc1. The van der Waals surface area contributed by atoms with Crippen molar-refractivity contribution in [2.45, 2.75) is 25.4 Å². The van der Waals surface area contributed by atoms with Crippen LogP contribution in [0.25, 0.3) is 5.65 Å². The van der Waals surface area contributed by atoms with Crippen molar-refractivity contribution in [2.24, 2.45) is 0 Å². The Labute approximate surface area is 123 Å². The molecule has 1 aliphatic carbocycles. The Morgan fingerprint density at radius 2 is 1.90 bits per heavy atom. The number of pyridine rings is 1. The maximum absolute atomic E-state index is 5.98. The van der Waals surface area contributed by atoms with Gasteiger partial charge in [0.05, 0.1) is 0 Å². The second kappa shape index (κ2) is 5.22.